The van der Waals surface area contributed by atoms with Gasteiger partial charge in [-0.25, -0.2) is 5.01 Å². The van der Waals surface area contributed by atoms with Crippen LogP contribution in [0.4, 0.5) is 0 Å². The number of amides is 4. The molecule has 3 fully saturated rings. The zero-order valence-electron chi connectivity index (χ0n) is 23.2. The minimum absolute atomic E-state index is 0.0218. The smallest absolute Gasteiger partial charge is 0.310 e. The van der Waals surface area contributed by atoms with Crippen molar-refractivity contribution in [3.63, 3.8) is 0 Å². The molecule has 43 heavy (non-hydrogen) atoms. The highest BCUT2D eigenvalue weighted by atomic mass is 35.5. The van der Waals surface area contributed by atoms with Gasteiger partial charge in [-0.2, -0.15) is 0 Å². The van der Waals surface area contributed by atoms with Crippen LogP contribution in [0, 0.1) is 0 Å². The van der Waals surface area contributed by atoms with Crippen LogP contribution in [0.15, 0.2) is 42.5 Å². The monoisotopic (exact) mass is 632 g/mol. The van der Waals surface area contributed by atoms with Gasteiger partial charge in [0.25, 0.3) is 11.8 Å². The molecule has 5 rings (SSSR count). The number of cyclic esters (lactones) is 1. The number of nitrogens with zero attached hydrogens (tertiary/aromatic N) is 2. The van der Waals surface area contributed by atoms with E-state index < -0.39 is 48.1 Å². The number of esters is 1. The molecule has 0 radical (unpaired) electrons. The number of hydrogen-bond acceptors (Lipinski definition) is 8. The van der Waals surface area contributed by atoms with Crippen molar-refractivity contribution in [2.45, 2.75) is 63.1 Å². The summed E-state index contributed by atoms with van der Waals surface area (Å²) >= 11 is 12.4. The second-order valence-electron chi connectivity index (χ2n) is 10.4. The zero-order valence-corrected chi connectivity index (χ0v) is 24.7. The maximum absolute atomic E-state index is 13.8. The van der Waals surface area contributed by atoms with Crippen molar-refractivity contribution in [3.8, 4) is 5.75 Å². The quantitative estimate of drug-likeness (QED) is 0.423. The number of carbonyl (C=O) groups is 5. The van der Waals surface area contributed by atoms with Crippen molar-refractivity contribution in [2.24, 2.45) is 0 Å². The minimum Gasteiger partial charge on any atom is -0.494 e. The lowest BCUT2D eigenvalue weighted by Crippen LogP contribution is -2.64. The van der Waals surface area contributed by atoms with E-state index in [9.17, 15) is 24.0 Å². The van der Waals surface area contributed by atoms with Crippen molar-refractivity contribution in [1.29, 1.82) is 0 Å². The van der Waals surface area contributed by atoms with Crippen LogP contribution in [0.5, 0.6) is 5.75 Å². The summed E-state index contributed by atoms with van der Waals surface area (Å²) in [6.07, 6.45) is -0.382. The summed E-state index contributed by atoms with van der Waals surface area (Å²) in [6.45, 7) is 0.403. The molecule has 3 aliphatic rings. The van der Waals surface area contributed by atoms with Crippen LogP contribution in [0.1, 0.15) is 48.0 Å². The summed E-state index contributed by atoms with van der Waals surface area (Å²) in [6, 6.07) is 9.05. The molecule has 3 aliphatic heterocycles. The van der Waals surface area contributed by atoms with Crippen molar-refractivity contribution in [3.05, 3.63) is 63.6 Å². The first-order valence-corrected chi connectivity index (χ1v) is 14.5. The standard InChI is InChI=1S/C29H30Cl2N4O8/c1-41-25-18(30)12-17(13-19(25)31)26(38)32-20-9-10-23(36)34-11-5-8-22(35(34)28(20)40)27(39)33-21-14-24(37)43-29(21)42-15-16-6-3-2-4-7-16/h2-4,6-7,12-13,20-22,29H,5,8-11,14-15H2,1H3,(H,32,38)(H,33,39). The van der Waals surface area contributed by atoms with E-state index in [1.54, 1.807) is 0 Å². The molecule has 0 saturated carbocycles. The summed E-state index contributed by atoms with van der Waals surface area (Å²) in [7, 11) is 1.39. The second kappa shape index (κ2) is 13.2. The molecular weight excluding hydrogens is 603 g/mol. The van der Waals surface area contributed by atoms with Crippen molar-refractivity contribution < 1.29 is 38.2 Å². The van der Waals surface area contributed by atoms with Gasteiger partial charge in [0.2, 0.25) is 18.1 Å². The van der Waals surface area contributed by atoms with Gasteiger partial charge in [-0.05, 0) is 37.0 Å². The fourth-order valence-electron chi connectivity index (χ4n) is 5.37. The van der Waals surface area contributed by atoms with Crippen molar-refractivity contribution >= 4 is 52.8 Å². The largest absolute Gasteiger partial charge is 0.494 e. The van der Waals surface area contributed by atoms with Crippen LogP contribution in [0.3, 0.4) is 0 Å². The first-order valence-electron chi connectivity index (χ1n) is 13.8. The first kappa shape index (κ1) is 30.6. The lowest BCUT2D eigenvalue weighted by atomic mass is 10.0. The molecule has 4 unspecified atom stereocenters. The number of rotatable bonds is 8. The molecule has 0 aliphatic carbocycles. The van der Waals surface area contributed by atoms with E-state index in [-0.39, 0.29) is 66.1 Å². The van der Waals surface area contributed by atoms with Gasteiger partial charge >= 0.3 is 5.97 Å². The predicted molar refractivity (Wildman–Crippen MR) is 153 cm³/mol. The zero-order chi connectivity index (χ0) is 30.7. The lowest BCUT2D eigenvalue weighted by Gasteiger charge is -2.43. The van der Waals surface area contributed by atoms with E-state index in [1.807, 2.05) is 30.3 Å². The Hall–Kier alpha value is -3.87. The number of fused-ring (bicyclic) bond motifs is 1. The summed E-state index contributed by atoms with van der Waals surface area (Å²) in [4.78, 5) is 65.7. The summed E-state index contributed by atoms with van der Waals surface area (Å²) in [5.41, 5.74) is 0.954. The highest BCUT2D eigenvalue weighted by molar-refractivity contribution is 6.37. The SMILES string of the molecule is COc1c(Cl)cc(C(=O)NC2CCC(=O)N3CCCC(C(=O)NC4CC(=O)OC4OCc4ccccc4)N3C2=O)cc1Cl. The summed E-state index contributed by atoms with van der Waals surface area (Å²) in [5.74, 6) is -2.49. The van der Waals surface area contributed by atoms with Gasteiger partial charge in [-0.15, -0.1) is 0 Å². The molecule has 14 heteroatoms. The van der Waals surface area contributed by atoms with Gasteiger partial charge in [0, 0.05) is 18.5 Å². The highest BCUT2D eigenvalue weighted by Gasteiger charge is 2.46. The Bertz CT molecular complexity index is 1400. The van der Waals surface area contributed by atoms with E-state index >= 15 is 0 Å². The van der Waals surface area contributed by atoms with E-state index in [1.165, 1.54) is 24.3 Å². The number of carbonyl (C=O) groups excluding carboxylic acids is 5. The van der Waals surface area contributed by atoms with E-state index in [0.29, 0.717) is 6.42 Å². The average molecular weight is 633 g/mol. The predicted octanol–water partition coefficient (Wildman–Crippen LogP) is 2.60. The Morgan fingerprint density at radius 3 is 2.47 bits per heavy atom. The number of methoxy groups -OCH3 is 1. The van der Waals surface area contributed by atoms with Crippen LogP contribution in [0.25, 0.3) is 0 Å². The van der Waals surface area contributed by atoms with Crippen molar-refractivity contribution in [1.82, 2.24) is 20.7 Å². The average Bonchev–Trinajstić information content (AvgIpc) is 3.29. The number of hydrazine groups is 1. The summed E-state index contributed by atoms with van der Waals surface area (Å²) in [5, 5.41) is 8.08. The highest BCUT2D eigenvalue weighted by Crippen LogP contribution is 2.34. The number of ether oxygens (including phenoxy) is 3. The van der Waals surface area contributed by atoms with Gasteiger partial charge in [0.05, 0.1) is 30.2 Å². The molecule has 228 valence electrons. The molecule has 4 atom stereocenters. The third-order valence-electron chi connectivity index (χ3n) is 7.48. The van der Waals surface area contributed by atoms with Crippen LogP contribution < -0.4 is 15.4 Å². The maximum Gasteiger partial charge on any atom is 0.310 e. The van der Waals surface area contributed by atoms with Gasteiger partial charge in [0.1, 0.15) is 18.1 Å². The number of nitrogens with one attached hydrogen (secondary N) is 2. The third kappa shape index (κ3) is 6.71. The lowest BCUT2D eigenvalue weighted by molar-refractivity contribution is -0.177. The fraction of sp³-hybridized carbons (Fsp3) is 0.414. The second-order valence-corrected chi connectivity index (χ2v) is 11.2. The number of halogens is 2. The molecule has 0 aromatic heterocycles. The molecule has 2 N–H and O–H groups in total. The van der Waals surface area contributed by atoms with Gasteiger partial charge in [0.15, 0.2) is 5.75 Å². The Morgan fingerprint density at radius 1 is 1.05 bits per heavy atom. The Kier molecular flexibility index (Phi) is 9.38. The molecule has 0 spiro atoms. The molecule has 0 bridgehead atoms. The van der Waals surface area contributed by atoms with Gasteiger partial charge < -0.3 is 24.8 Å². The number of hydrogen-bond donors (Lipinski definition) is 2. The van der Waals surface area contributed by atoms with Crippen LogP contribution >= 0.6 is 23.2 Å². The van der Waals surface area contributed by atoms with Gasteiger partial charge in [-0.1, -0.05) is 53.5 Å². The molecule has 4 amide bonds. The maximum atomic E-state index is 13.8. The third-order valence-corrected chi connectivity index (χ3v) is 8.04. The Balaban J connectivity index is 1.30. The van der Waals surface area contributed by atoms with Crippen LogP contribution in [0.2, 0.25) is 10.0 Å². The molecule has 2 aromatic carbocycles. The van der Waals surface area contributed by atoms with E-state index in [0.717, 1.165) is 10.6 Å². The summed E-state index contributed by atoms with van der Waals surface area (Å²) < 4.78 is 16.2. The normalized spacial score (nSPS) is 23.7. The fourth-order valence-corrected chi connectivity index (χ4v) is 6.01. The Labute approximate surface area is 257 Å². The van der Waals surface area contributed by atoms with E-state index in [2.05, 4.69) is 10.6 Å². The molecular formula is C29H30Cl2N4O8. The van der Waals surface area contributed by atoms with E-state index in [4.69, 9.17) is 37.4 Å². The van der Waals surface area contributed by atoms with Crippen LogP contribution in [-0.4, -0.2) is 77.7 Å². The first-order chi connectivity index (χ1) is 20.7. The molecule has 12 nitrogen and oxygen atoms in total. The minimum atomic E-state index is -1.10. The topological polar surface area (TPSA) is 144 Å². The number of benzene rings is 2. The van der Waals surface area contributed by atoms with Gasteiger partial charge in [-0.3, -0.25) is 29.0 Å². The van der Waals surface area contributed by atoms with Crippen LogP contribution in [-0.2, 0) is 35.3 Å². The Morgan fingerprint density at radius 2 is 1.77 bits per heavy atom. The molecule has 3 heterocycles. The molecule has 3 saturated heterocycles. The van der Waals surface area contributed by atoms with Crippen molar-refractivity contribution in [2.75, 3.05) is 13.7 Å². The molecule has 2 aromatic rings.